The van der Waals surface area contributed by atoms with Crippen molar-refractivity contribution in [2.75, 3.05) is 27.9 Å². The smallest absolute Gasteiger partial charge is 0.169 e. The van der Waals surface area contributed by atoms with E-state index in [0.717, 1.165) is 56.3 Å². The van der Waals surface area contributed by atoms with Crippen LogP contribution < -0.4 is 9.47 Å². The number of imidazole rings is 1. The molecule has 0 bridgehead atoms. The van der Waals surface area contributed by atoms with Crippen LogP contribution in [0.5, 0.6) is 11.5 Å². The zero-order valence-corrected chi connectivity index (χ0v) is 18.8. The van der Waals surface area contributed by atoms with E-state index in [-0.39, 0.29) is 0 Å². The third kappa shape index (κ3) is 4.30. The Bertz CT molecular complexity index is 1140. The van der Waals surface area contributed by atoms with Crippen LogP contribution in [0.1, 0.15) is 5.69 Å². The summed E-state index contributed by atoms with van der Waals surface area (Å²) in [6, 6.07) is 14.0. The minimum Gasteiger partial charge on any atom is -0.497 e. The lowest BCUT2D eigenvalue weighted by Crippen LogP contribution is -2.05. The number of fused-ring (bicyclic) bond motifs is 1. The van der Waals surface area contributed by atoms with Gasteiger partial charge >= 0.3 is 0 Å². The Kier molecular flexibility index (Phi) is 6.56. The van der Waals surface area contributed by atoms with Crippen LogP contribution in [0.15, 0.2) is 53.0 Å². The summed E-state index contributed by atoms with van der Waals surface area (Å²) >= 11 is 3.30. The summed E-state index contributed by atoms with van der Waals surface area (Å²) in [5.41, 5.74) is 4.10. The number of benzene rings is 2. The van der Waals surface area contributed by atoms with Gasteiger partial charge in [-0.3, -0.25) is 0 Å². The summed E-state index contributed by atoms with van der Waals surface area (Å²) in [6.07, 6.45) is 0. The van der Waals surface area contributed by atoms with Gasteiger partial charge in [0, 0.05) is 30.9 Å². The van der Waals surface area contributed by atoms with Gasteiger partial charge in [0.2, 0.25) is 0 Å². The molecule has 6 nitrogen and oxygen atoms in total. The summed E-state index contributed by atoms with van der Waals surface area (Å²) in [5.74, 6) is 2.26. The molecule has 0 saturated carbocycles. The van der Waals surface area contributed by atoms with E-state index in [9.17, 15) is 0 Å². The zero-order chi connectivity index (χ0) is 20.9. The molecule has 0 fully saturated rings. The van der Waals surface area contributed by atoms with Gasteiger partial charge in [-0.25, -0.2) is 9.97 Å². The highest BCUT2D eigenvalue weighted by Gasteiger charge is 2.14. The van der Waals surface area contributed by atoms with Gasteiger partial charge in [-0.05, 0) is 24.3 Å². The lowest BCUT2D eigenvalue weighted by molar-refractivity contribution is 0.186. The minimum atomic E-state index is 0.645. The summed E-state index contributed by atoms with van der Waals surface area (Å²) in [4.78, 5) is 9.62. The van der Waals surface area contributed by atoms with Crippen molar-refractivity contribution in [1.82, 2.24) is 14.5 Å². The molecule has 2 heterocycles. The highest BCUT2D eigenvalue weighted by molar-refractivity contribution is 7.98. The number of hydrogen-bond acceptors (Lipinski definition) is 7. The number of ether oxygens (including phenoxy) is 3. The van der Waals surface area contributed by atoms with Crippen LogP contribution in [-0.4, -0.2) is 42.5 Å². The Labute approximate surface area is 183 Å². The number of thiazole rings is 1. The van der Waals surface area contributed by atoms with Crippen LogP contribution in [0.3, 0.4) is 0 Å². The van der Waals surface area contributed by atoms with Crippen LogP contribution in [0.2, 0.25) is 0 Å². The second-order valence-electron chi connectivity index (χ2n) is 6.53. The number of rotatable bonds is 9. The van der Waals surface area contributed by atoms with Crippen molar-refractivity contribution in [2.24, 2.45) is 0 Å². The van der Waals surface area contributed by atoms with Crippen molar-refractivity contribution in [3.05, 3.63) is 53.5 Å². The molecule has 0 aliphatic rings. The first-order chi connectivity index (χ1) is 14.7. The van der Waals surface area contributed by atoms with Crippen molar-refractivity contribution in [1.29, 1.82) is 0 Å². The quantitative estimate of drug-likeness (QED) is 0.336. The first-order valence-electron chi connectivity index (χ1n) is 9.47. The van der Waals surface area contributed by atoms with E-state index in [1.54, 1.807) is 44.4 Å². The number of methoxy groups -OCH3 is 3. The highest BCUT2D eigenvalue weighted by Crippen LogP contribution is 2.36. The molecule has 0 unspecified atom stereocenters. The Morgan fingerprint density at radius 2 is 1.90 bits per heavy atom. The monoisotopic (exact) mass is 441 g/mol. The molecule has 0 amide bonds. The molecule has 0 spiro atoms. The molecule has 8 heteroatoms. The molecule has 4 aromatic rings. The average molecular weight is 442 g/mol. The summed E-state index contributed by atoms with van der Waals surface area (Å²) in [6.45, 7) is 1.41. The van der Waals surface area contributed by atoms with Crippen molar-refractivity contribution in [2.45, 2.75) is 17.5 Å². The van der Waals surface area contributed by atoms with Crippen molar-refractivity contribution in [3.63, 3.8) is 0 Å². The predicted octanol–water partition coefficient (Wildman–Crippen LogP) is 5.12. The average Bonchev–Trinajstić information content (AvgIpc) is 3.40. The molecule has 0 radical (unpaired) electrons. The number of aromatic nitrogens is 3. The van der Waals surface area contributed by atoms with E-state index >= 15 is 0 Å². The topological polar surface area (TPSA) is 58.4 Å². The molecule has 156 valence electrons. The van der Waals surface area contributed by atoms with E-state index in [0.29, 0.717) is 6.61 Å². The van der Waals surface area contributed by atoms with Crippen LogP contribution >= 0.6 is 23.1 Å². The van der Waals surface area contributed by atoms with Crippen molar-refractivity contribution in [3.8, 4) is 22.1 Å². The van der Waals surface area contributed by atoms with Crippen LogP contribution in [0.25, 0.3) is 21.6 Å². The summed E-state index contributed by atoms with van der Waals surface area (Å²) in [5, 5.41) is 4.00. The highest BCUT2D eigenvalue weighted by atomic mass is 32.2. The first kappa shape index (κ1) is 20.7. The van der Waals surface area contributed by atoms with Crippen molar-refractivity contribution < 1.29 is 14.2 Å². The SMILES string of the molecule is COCCn1c(SCc2csc(-c3ccc(OC)cc3OC)n2)nc2ccccc21. The van der Waals surface area contributed by atoms with Gasteiger partial charge in [-0.2, -0.15) is 0 Å². The molecule has 0 aliphatic carbocycles. The molecule has 0 saturated heterocycles. The maximum absolute atomic E-state index is 5.52. The number of thioether (sulfide) groups is 1. The molecular formula is C22H23N3O3S2. The second kappa shape index (κ2) is 9.51. The van der Waals surface area contributed by atoms with Gasteiger partial charge in [-0.1, -0.05) is 23.9 Å². The lowest BCUT2D eigenvalue weighted by atomic mass is 10.2. The maximum Gasteiger partial charge on any atom is 0.169 e. The zero-order valence-electron chi connectivity index (χ0n) is 17.1. The third-order valence-electron chi connectivity index (χ3n) is 4.68. The van der Waals surface area contributed by atoms with Crippen molar-refractivity contribution >= 4 is 34.1 Å². The lowest BCUT2D eigenvalue weighted by Gasteiger charge is -2.08. The van der Waals surface area contributed by atoms with E-state index in [1.165, 1.54) is 0 Å². The molecule has 2 aromatic heterocycles. The number of hydrogen-bond donors (Lipinski definition) is 0. The van der Waals surface area contributed by atoms with E-state index < -0.39 is 0 Å². The summed E-state index contributed by atoms with van der Waals surface area (Å²) < 4.78 is 18.3. The number of nitrogens with zero attached hydrogens (tertiary/aromatic N) is 3. The van der Waals surface area contributed by atoms with Crippen LogP contribution in [-0.2, 0) is 17.0 Å². The largest absolute Gasteiger partial charge is 0.497 e. The summed E-state index contributed by atoms with van der Waals surface area (Å²) in [7, 11) is 5.02. The molecule has 2 aromatic carbocycles. The fourth-order valence-electron chi connectivity index (χ4n) is 3.17. The fourth-order valence-corrected chi connectivity index (χ4v) is 5.06. The molecule has 0 N–H and O–H groups in total. The van der Waals surface area contributed by atoms with Crippen LogP contribution in [0.4, 0.5) is 0 Å². The second-order valence-corrected chi connectivity index (χ2v) is 8.33. The Morgan fingerprint density at radius 1 is 1.03 bits per heavy atom. The Hall–Kier alpha value is -2.55. The molecule has 4 rings (SSSR count). The Balaban J connectivity index is 1.54. The first-order valence-corrected chi connectivity index (χ1v) is 11.3. The standard InChI is InChI=1S/C22H23N3O3S2/c1-26-11-10-25-19-7-5-4-6-18(19)24-22(25)30-14-15-13-29-21(23-15)17-9-8-16(27-2)12-20(17)28-3/h4-9,12-13H,10-11,14H2,1-3H3. The number of para-hydroxylation sites is 2. The molecule has 0 aliphatic heterocycles. The van der Waals surface area contributed by atoms with E-state index in [4.69, 9.17) is 24.2 Å². The fraction of sp³-hybridized carbons (Fsp3) is 0.273. The van der Waals surface area contributed by atoms with Gasteiger partial charge in [-0.15, -0.1) is 11.3 Å². The van der Waals surface area contributed by atoms with Gasteiger partial charge < -0.3 is 18.8 Å². The normalized spacial score (nSPS) is 11.2. The molecular weight excluding hydrogens is 418 g/mol. The minimum absolute atomic E-state index is 0.645. The Morgan fingerprint density at radius 3 is 2.70 bits per heavy atom. The van der Waals surface area contributed by atoms with Gasteiger partial charge in [0.15, 0.2) is 5.16 Å². The predicted molar refractivity (Wildman–Crippen MR) is 122 cm³/mol. The van der Waals surface area contributed by atoms with Gasteiger partial charge in [0.1, 0.15) is 16.5 Å². The van der Waals surface area contributed by atoms with E-state index in [1.807, 2.05) is 36.4 Å². The molecule has 0 atom stereocenters. The van der Waals surface area contributed by atoms with Gasteiger partial charge in [0.25, 0.3) is 0 Å². The van der Waals surface area contributed by atoms with E-state index in [2.05, 4.69) is 16.0 Å². The van der Waals surface area contributed by atoms with Gasteiger partial charge in [0.05, 0.1) is 43.1 Å². The maximum atomic E-state index is 5.52. The third-order valence-corrected chi connectivity index (χ3v) is 6.61. The molecule has 30 heavy (non-hydrogen) atoms. The van der Waals surface area contributed by atoms with Crippen LogP contribution in [0, 0.1) is 0 Å².